The van der Waals surface area contributed by atoms with E-state index < -0.39 is 22.4 Å². The van der Waals surface area contributed by atoms with E-state index in [2.05, 4.69) is 5.32 Å². The third-order valence-electron chi connectivity index (χ3n) is 4.73. The Labute approximate surface area is 175 Å². The van der Waals surface area contributed by atoms with Crippen molar-refractivity contribution in [1.82, 2.24) is 4.90 Å². The average Bonchev–Trinajstić information content (AvgIpc) is 2.69. The molecule has 0 spiro atoms. The van der Waals surface area contributed by atoms with E-state index in [1.807, 2.05) is 4.90 Å². The van der Waals surface area contributed by atoms with Crippen LogP contribution in [0.25, 0.3) is 0 Å². The highest BCUT2D eigenvalue weighted by Crippen LogP contribution is 2.36. The van der Waals surface area contributed by atoms with Gasteiger partial charge in [-0.05, 0) is 24.3 Å². The number of alkyl halides is 3. The lowest BCUT2D eigenvalue weighted by Gasteiger charge is -2.35. The minimum Gasteiger partial charge on any atom is -0.363 e. The SMILES string of the molecule is O=C(CN1CCN(c2ccc(C(F)(F)F)cc2[N+](=O)[O-])CC1)Nc1ccccc1Cl. The molecule has 0 aliphatic carbocycles. The number of piperazine rings is 1. The predicted octanol–water partition coefficient (Wildman–Crippen LogP) is 4.03. The molecule has 0 radical (unpaired) electrons. The van der Waals surface area contributed by atoms with Crippen LogP contribution >= 0.6 is 11.6 Å². The number of carbonyl (C=O) groups excluding carboxylic acids is 1. The summed E-state index contributed by atoms with van der Waals surface area (Å²) in [5.74, 6) is -0.253. The van der Waals surface area contributed by atoms with Crippen LogP contribution in [0.4, 0.5) is 30.2 Å². The molecule has 11 heteroatoms. The Hall–Kier alpha value is -2.85. The first kappa shape index (κ1) is 21.8. The summed E-state index contributed by atoms with van der Waals surface area (Å²) in [6, 6.07) is 9.36. The number of nitrogens with one attached hydrogen (secondary N) is 1. The van der Waals surface area contributed by atoms with E-state index in [-0.39, 0.29) is 18.1 Å². The second-order valence-electron chi connectivity index (χ2n) is 6.75. The molecule has 30 heavy (non-hydrogen) atoms. The summed E-state index contributed by atoms with van der Waals surface area (Å²) >= 11 is 6.02. The van der Waals surface area contributed by atoms with E-state index in [1.165, 1.54) is 0 Å². The number of nitro groups is 1. The third-order valence-corrected chi connectivity index (χ3v) is 5.06. The number of benzene rings is 2. The van der Waals surface area contributed by atoms with Crippen LogP contribution in [0.2, 0.25) is 5.02 Å². The molecule has 0 saturated carbocycles. The number of halogens is 4. The molecule has 1 fully saturated rings. The highest BCUT2D eigenvalue weighted by Gasteiger charge is 2.34. The topological polar surface area (TPSA) is 78.7 Å². The Morgan fingerprint density at radius 3 is 2.40 bits per heavy atom. The molecule has 1 aliphatic heterocycles. The molecule has 3 rings (SSSR count). The summed E-state index contributed by atoms with van der Waals surface area (Å²) in [6.45, 7) is 1.63. The van der Waals surface area contributed by atoms with Crippen molar-refractivity contribution in [3.63, 3.8) is 0 Å². The Morgan fingerprint density at radius 1 is 1.13 bits per heavy atom. The molecule has 0 bridgehead atoms. The largest absolute Gasteiger partial charge is 0.416 e. The van der Waals surface area contributed by atoms with Crippen LogP contribution in [0.3, 0.4) is 0 Å². The molecule has 1 heterocycles. The first-order valence-corrected chi connectivity index (χ1v) is 9.40. The number of nitro benzene ring substituents is 1. The molecule has 160 valence electrons. The van der Waals surface area contributed by atoms with Crippen LogP contribution in [-0.4, -0.2) is 48.5 Å². The second-order valence-corrected chi connectivity index (χ2v) is 7.16. The smallest absolute Gasteiger partial charge is 0.363 e. The summed E-state index contributed by atoms with van der Waals surface area (Å²) < 4.78 is 38.6. The lowest BCUT2D eigenvalue weighted by molar-refractivity contribution is -0.384. The molecule has 1 aliphatic rings. The van der Waals surface area contributed by atoms with E-state index in [1.54, 1.807) is 29.2 Å². The van der Waals surface area contributed by atoms with Gasteiger partial charge in [-0.3, -0.25) is 19.8 Å². The quantitative estimate of drug-likeness (QED) is 0.558. The number of amides is 1. The van der Waals surface area contributed by atoms with Crippen molar-refractivity contribution < 1.29 is 22.9 Å². The van der Waals surface area contributed by atoms with E-state index in [0.29, 0.717) is 43.0 Å². The van der Waals surface area contributed by atoms with Gasteiger partial charge in [0.15, 0.2) is 0 Å². The van der Waals surface area contributed by atoms with E-state index in [9.17, 15) is 28.1 Å². The number of para-hydroxylation sites is 1. The van der Waals surface area contributed by atoms with E-state index in [4.69, 9.17) is 11.6 Å². The van der Waals surface area contributed by atoms with Gasteiger partial charge in [0.1, 0.15) is 5.69 Å². The molecule has 2 aromatic rings. The van der Waals surface area contributed by atoms with Gasteiger partial charge in [-0.25, -0.2) is 0 Å². The molecule has 0 aromatic heterocycles. The third kappa shape index (κ3) is 5.19. The van der Waals surface area contributed by atoms with Crippen LogP contribution in [-0.2, 0) is 11.0 Å². The van der Waals surface area contributed by atoms with Crippen LogP contribution in [0.15, 0.2) is 42.5 Å². The lowest BCUT2D eigenvalue weighted by Crippen LogP contribution is -2.48. The first-order valence-electron chi connectivity index (χ1n) is 9.02. The fourth-order valence-corrected chi connectivity index (χ4v) is 3.40. The first-order chi connectivity index (χ1) is 14.1. The number of hydrogen-bond donors (Lipinski definition) is 1. The molecule has 1 amide bonds. The number of anilines is 2. The zero-order chi connectivity index (χ0) is 21.9. The van der Waals surface area contributed by atoms with Gasteiger partial charge in [-0.15, -0.1) is 0 Å². The standard InChI is InChI=1S/C19H18ClF3N4O3/c20-14-3-1-2-4-15(14)24-18(28)12-25-7-9-26(10-8-25)16-6-5-13(19(21,22)23)11-17(16)27(29)30/h1-6,11H,7-10,12H2,(H,24,28). The Kier molecular flexibility index (Phi) is 6.47. The van der Waals surface area contributed by atoms with Crippen LogP contribution in [0.1, 0.15) is 5.56 Å². The van der Waals surface area contributed by atoms with Crippen LogP contribution in [0, 0.1) is 10.1 Å². The van der Waals surface area contributed by atoms with Crippen molar-refractivity contribution in [2.45, 2.75) is 6.18 Å². The highest BCUT2D eigenvalue weighted by atomic mass is 35.5. The number of hydrogen-bond acceptors (Lipinski definition) is 5. The minimum absolute atomic E-state index is 0.105. The number of nitrogens with zero attached hydrogens (tertiary/aromatic N) is 3. The summed E-state index contributed by atoms with van der Waals surface area (Å²) in [4.78, 5) is 26.2. The van der Waals surface area contributed by atoms with Crippen molar-refractivity contribution >= 4 is 34.6 Å². The summed E-state index contributed by atoms with van der Waals surface area (Å²) in [5, 5.41) is 14.4. The number of carbonyl (C=O) groups is 1. The van der Waals surface area contributed by atoms with Gasteiger partial charge < -0.3 is 10.2 Å². The molecule has 7 nitrogen and oxygen atoms in total. The zero-order valence-corrected chi connectivity index (χ0v) is 16.4. The molecule has 2 aromatic carbocycles. The summed E-state index contributed by atoms with van der Waals surface area (Å²) in [5.41, 5.74) is -1.01. The Bertz CT molecular complexity index is 947. The van der Waals surface area contributed by atoms with Crippen LogP contribution in [0.5, 0.6) is 0 Å². The van der Waals surface area contributed by atoms with Crippen molar-refractivity contribution in [3.05, 3.63) is 63.2 Å². The molecule has 1 saturated heterocycles. The van der Waals surface area contributed by atoms with Gasteiger partial charge in [-0.1, -0.05) is 23.7 Å². The minimum atomic E-state index is -4.66. The molecular weight excluding hydrogens is 425 g/mol. The van der Waals surface area contributed by atoms with Gasteiger partial charge in [0.25, 0.3) is 5.69 Å². The van der Waals surface area contributed by atoms with Gasteiger partial charge in [0.05, 0.1) is 27.7 Å². The normalized spacial score (nSPS) is 15.1. The lowest BCUT2D eigenvalue weighted by atomic mass is 10.1. The maximum Gasteiger partial charge on any atom is 0.416 e. The monoisotopic (exact) mass is 442 g/mol. The maximum absolute atomic E-state index is 12.9. The van der Waals surface area contributed by atoms with E-state index >= 15 is 0 Å². The molecule has 1 N–H and O–H groups in total. The summed E-state index contributed by atoms with van der Waals surface area (Å²) in [6.07, 6.45) is -4.66. The second kappa shape index (κ2) is 8.88. The summed E-state index contributed by atoms with van der Waals surface area (Å²) in [7, 11) is 0. The van der Waals surface area contributed by atoms with Gasteiger partial charge in [-0.2, -0.15) is 13.2 Å². The van der Waals surface area contributed by atoms with Gasteiger partial charge in [0, 0.05) is 32.2 Å². The fourth-order valence-electron chi connectivity index (χ4n) is 3.22. The average molecular weight is 443 g/mol. The van der Waals surface area contributed by atoms with Crippen LogP contribution < -0.4 is 10.2 Å². The number of rotatable bonds is 5. The molecular formula is C19H18ClF3N4O3. The Morgan fingerprint density at radius 2 is 1.80 bits per heavy atom. The van der Waals surface area contributed by atoms with Crippen molar-refractivity contribution in [2.24, 2.45) is 0 Å². The zero-order valence-electron chi connectivity index (χ0n) is 15.7. The molecule has 0 unspecified atom stereocenters. The van der Waals surface area contributed by atoms with Gasteiger partial charge in [0.2, 0.25) is 5.91 Å². The fraction of sp³-hybridized carbons (Fsp3) is 0.316. The van der Waals surface area contributed by atoms with Gasteiger partial charge >= 0.3 is 6.18 Å². The molecule has 0 atom stereocenters. The van der Waals surface area contributed by atoms with Crippen molar-refractivity contribution in [3.8, 4) is 0 Å². The highest BCUT2D eigenvalue weighted by molar-refractivity contribution is 6.33. The van der Waals surface area contributed by atoms with Crippen molar-refractivity contribution in [1.29, 1.82) is 0 Å². The van der Waals surface area contributed by atoms with Crippen molar-refractivity contribution in [2.75, 3.05) is 42.9 Å². The predicted molar refractivity (Wildman–Crippen MR) is 107 cm³/mol. The van der Waals surface area contributed by atoms with E-state index in [0.717, 1.165) is 12.1 Å². The maximum atomic E-state index is 12.9. The Balaban J connectivity index is 1.62.